The Labute approximate surface area is 196 Å². The maximum absolute atomic E-state index is 5.37. The lowest BCUT2D eigenvalue weighted by atomic mass is 9.52. The topological polar surface area (TPSA) is 64.9 Å². The average Bonchev–Trinajstić information content (AvgIpc) is 3.35. The first-order valence-corrected chi connectivity index (χ1v) is 12.2. The molecule has 0 spiro atoms. The van der Waals surface area contributed by atoms with E-state index >= 15 is 0 Å². The fraction of sp³-hybridized carbons (Fsp3) is 0.519. The van der Waals surface area contributed by atoms with E-state index in [1.54, 1.807) is 7.11 Å². The third kappa shape index (κ3) is 4.11. The van der Waals surface area contributed by atoms with E-state index in [4.69, 9.17) is 4.74 Å². The van der Waals surface area contributed by atoms with Gasteiger partial charge in [-0.1, -0.05) is 0 Å². The lowest BCUT2D eigenvalue weighted by Crippen LogP contribution is -2.47. The van der Waals surface area contributed by atoms with Crippen molar-refractivity contribution in [1.29, 1.82) is 0 Å². The Balaban J connectivity index is 1.25. The molecule has 6 heteroatoms. The minimum Gasteiger partial charge on any atom is -0.481 e. The van der Waals surface area contributed by atoms with Crippen molar-refractivity contribution >= 4 is 5.82 Å². The van der Waals surface area contributed by atoms with Crippen molar-refractivity contribution in [3.8, 4) is 17.0 Å². The number of ether oxygens (including phenoxy) is 1. The molecule has 2 bridgehead atoms. The van der Waals surface area contributed by atoms with Gasteiger partial charge in [-0.15, -0.1) is 0 Å². The number of methoxy groups -OCH3 is 1. The second-order valence-electron chi connectivity index (χ2n) is 10.4. The van der Waals surface area contributed by atoms with Gasteiger partial charge in [-0.2, -0.15) is 5.10 Å². The van der Waals surface area contributed by atoms with Gasteiger partial charge >= 0.3 is 0 Å². The van der Waals surface area contributed by atoms with E-state index in [-0.39, 0.29) is 0 Å². The molecule has 0 aliphatic heterocycles. The Morgan fingerprint density at radius 3 is 2.42 bits per heavy atom. The Morgan fingerprint density at radius 2 is 1.79 bits per heavy atom. The van der Waals surface area contributed by atoms with E-state index < -0.39 is 0 Å². The van der Waals surface area contributed by atoms with Crippen molar-refractivity contribution in [1.82, 2.24) is 19.7 Å². The number of nitrogens with one attached hydrogen (secondary N) is 1. The van der Waals surface area contributed by atoms with Crippen molar-refractivity contribution in [3.05, 3.63) is 54.1 Å². The summed E-state index contributed by atoms with van der Waals surface area (Å²) >= 11 is 0. The van der Waals surface area contributed by atoms with Crippen molar-refractivity contribution in [2.75, 3.05) is 19.0 Å². The summed E-state index contributed by atoms with van der Waals surface area (Å²) < 4.78 is 7.37. The second-order valence-corrected chi connectivity index (χ2v) is 10.4. The van der Waals surface area contributed by atoms with Gasteiger partial charge in [0.25, 0.3) is 0 Å². The molecule has 0 radical (unpaired) electrons. The highest BCUT2D eigenvalue weighted by Gasteiger charge is 2.49. The molecule has 174 valence electrons. The van der Waals surface area contributed by atoms with E-state index in [9.17, 15) is 0 Å². The zero-order valence-electron chi connectivity index (χ0n) is 20.3. The van der Waals surface area contributed by atoms with Gasteiger partial charge in [0, 0.05) is 42.3 Å². The molecule has 1 N–H and O–H groups in total. The molecule has 0 unspecified atom stereocenters. The molecule has 3 aliphatic carbocycles. The van der Waals surface area contributed by atoms with Gasteiger partial charge in [-0.3, -0.25) is 4.68 Å². The lowest BCUT2D eigenvalue weighted by Gasteiger charge is -2.54. The summed E-state index contributed by atoms with van der Waals surface area (Å²) in [6.07, 6.45) is 15.5. The van der Waals surface area contributed by atoms with Gasteiger partial charge in [0.05, 0.1) is 13.3 Å². The quantitative estimate of drug-likeness (QED) is 0.487. The number of anilines is 1. The number of hydrogen-bond donors (Lipinski definition) is 1. The molecule has 3 saturated carbocycles. The summed E-state index contributed by atoms with van der Waals surface area (Å²) in [4.78, 5) is 9.17. The van der Waals surface area contributed by atoms with E-state index in [2.05, 4.69) is 71.7 Å². The largest absolute Gasteiger partial charge is 0.481 e. The average molecular weight is 446 g/mol. The molecular formula is C27H35N5O. The molecule has 3 heterocycles. The van der Waals surface area contributed by atoms with Crippen molar-refractivity contribution < 1.29 is 4.74 Å². The summed E-state index contributed by atoms with van der Waals surface area (Å²) in [7, 11) is 1.69. The van der Waals surface area contributed by atoms with Crippen molar-refractivity contribution in [2.45, 2.75) is 70.8 Å². The van der Waals surface area contributed by atoms with Crippen LogP contribution in [0.5, 0.6) is 5.88 Å². The number of fused-ring (bicyclic) bond motifs is 3. The van der Waals surface area contributed by atoms with E-state index in [0.717, 1.165) is 34.9 Å². The highest BCUT2D eigenvalue weighted by atomic mass is 16.5. The SMILES string of the molecule is COc1ncc(C23CCC(CNc4cc(-c5cnn(C(C)C)c5)ccn4)(CC2)CC3)cc1C. The van der Waals surface area contributed by atoms with Gasteiger partial charge in [0.2, 0.25) is 5.88 Å². The number of pyridine rings is 2. The molecule has 3 aromatic rings. The van der Waals surface area contributed by atoms with Crippen LogP contribution in [0.25, 0.3) is 11.1 Å². The van der Waals surface area contributed by atoms with Crippen LogP contribution in [-0.2, 0) is 5.41 Å². The summed E-state index contributed by atoms with van der Waals surface area (Å²) in [5.74, 6) is 1.70. The predicted molar refractivity (Wildman–Crippen MR) is 132 cm³/mol. The molecule has 3 fully saturated rings. The molecule has 33 heavy (non-hydrogen) atoms. The van der Waals surface area contributed by atoms with Crippen LogP contribution in [0.15, 0.2) is 43.0 Å². The molecule has 0 aromatic carbocycles. The number of aromatic nitrogens is 4. The monoisotopic (exact) mass is 445 g/mol. The van der Waals surface area contributed by atoms with Crippen LogP contribution < -0.4 is 10.1 Å². The van der Waals surface area contributed by atoms with Crippen LogP contribution >= 0.6 is 0 Å². The number of hydrogen-bond acceptors (Lipinski definition) is 5. The molecule has 0 saturated heterocycles. The van der Waals surface area contributed by atoms with Gasteiger partial charge < -0.3 is 10.1 Å². The summed E-state index contributed by atoms with van der Waals surface area (Å²) in [5.41, 5.74) is 5.50. The third-order valence-corrected chi connectivity index (χ3v) is 8.11. The normalized spacial score (nSPS) is 24.3. The van der Waals surface area contributed by atoms with Crippen LogP contribution in [0.3, 0.4) is 0 Å². The first-order chi connectivity index (χ1) is 15.9. The summed E-state index contributed by atoms with van der Waals surface area (Å²) in [5, 5.41) is 8.16. The predicted octanol–water partition coefficient (Wildman–Crippen LogP) is 5.94. The Hall–Kier alpha value is -2.89. The zero-order valence-corrected chi connectivity index (χ0v) is 20.3. The van der Waals surface area contributed by atoms with Gasteiger partial charge in [-0.05, 0) is 99.5 Å². The maximum atomic E-state index is 5.37. The van der Waals surface area contributed by atoms with Crippen LogP contribution in [0.1, 0.15) is 69.5 Å². The Kier molecular flexibility index (Phi) is 5.63. The maximum Gasteiger partial charge on any atom is 0.215 e. The highest BCUT2D eigenvalue weighted by Crippen LogP contribution is 2.57. The number of nitrogens with zero attached hydrogens (tertiary/aromatic N) is 4. The molecule has 0 amide bonds. The van der Waals surface area contributed by atoms with Gasteiger partial charge in [0.1, 0.15) is 5.82 Å². The zero-order chi connectivity index (χ0) is 23.1. The molecule has 6 rings (SSSR count). The molecule has 0 atom stereocenters. The van der Waals surface area contributed by atoms with Crippen LogP contribution in [-0.4, -0.2) is 33.4 Å². The second kappa shape index (κ2) is 8.47. The third-order valence-electron chi connectivity index (χ3n) is 8.11. The Morgan fingerprint density at radius 1 is 1.03 bits per heavy atom. The van der Waals surface area contributed by atoms with Gasteiger partial charge in [-0.25, -0.2) is 9.97 Å². The fourth-order valence-electron chi connectivity index (χ4n) is 5.78. The first kappa shape index (κ1) is 21.9. The van der Waals surface area contributed by atoms with E-state index in [0.29, 0.717) is 16.9 Å². The molecule has 6 nitrogen and oxygen atoms in total. The highest BCUT2D eigenvalue weighted by molar-refractivity contribution is 5.64. The molecule has 3 aromatic heterocycles. The van der Waals surface area contributed by atoms with Gasteiger partial charge in [0.15, 0.2) is 0 Å². The van der Waals surface area contributed by atoms with Crippen molar-refractivity contribution in [2.24, 2.45) is 5.41 Å². The van der Waals surface area contributed by atoms with Crippen LogP contribution in [0.2, 0.25) is 0 Å². The summed E-state index contributed by atoms with van der Waals surface area (Å²) in [6, 6.07) is 6.88. The standard InChI is InChI=1S/C27H35N5O/c1-19(2)32-17-22(15-31-32)21-5-12-28-24(14-21)30-18-26-6-9-27(10-7-26,11-8-26)23-13-20(3)25(33-4)29-16-23/h5,12-17,19H,6-11,18H2,1-4H3,(H,28,30). The smallest absolute Gasteiger partial charge is 0.215 e. The minimum absolute atomic E-state index is 0.292. The fourth-order valence-corrected chi connectivity index (χ4v) is 5.78. The first-order valence-electron chi connectivity index (χ1n) is 12.2. The number of aryl methyl sites for hydroxylation is 1. The van der Waals surface area contributed by atoms with E-state index in [1.165, 1.54) is 44.1 Å². The van der Waals surface area contributed by atoms with Crippen LogP contribution in [0.4, 0.5) is 5.82 Å². The number of rotatable bonds is 7. The van der Waals surface area contributed by atoms with Crippen LogP contribution in [0, 0.1) is 12.3 Å². The van der Waals surface area contributed by atoms with Crippen molar-refractivity contribution in [3.63, 3.8) is 0 Å². The Bertz CT molecular complexity index is 1110. The van der Waals surface area contributed by atoms with E-state index in [1.807, 2.05) is 17.1 Å². The molecular weight excluding hydrogens is 410 g/mol. The minimum atomic E-state index is 0.292. The molecule has 3 aliphatic rings. The summed E-state index contributed by atoms with van der Waals surface area (Å²) in [6.45, 7) is 7.38. The lowest BCUT2D eigenvalue weighted by molar-refractivity contribution is 0.0503.